The molecular formula is C18H19NO7S. The number of rotatable bonds is 8. The molecule has 2 aromatic rings. The Morgan fingerprint density at radius 2 is 1.78 bits per heavy atom. The van der Waals surface area contributed by atoms with Gasteiger partial charge in [-0.05, 0) is 17.7 Å². The highest BCUT2D eigenvalue weighted by Gasteiger charge is 2.23. The van der Waals surface area contributed by atoms with E-state index in [2.05, 4.69) is 5.32 Å². The van der Waals surface area contributed by atoms with Crippen molar-refractivity contribution in [1.29, 1.82) is 0 Å². The monoisotopic (exact) mass is 393 g/mol. The van der Waals surface area contributed by atoms with Gasteiger partial charge in [0, 0.05) is 17.4 Å². The van der Waals surface area contributed by atoms with Crippen LogP contribution in [0.2, 0.25) is 0 Å². The standard InChI is InChI=1S/C18H19NO7S/c1-24-12-5-4-10(8-13(12)25-2)11-9-27-17(16(11)18(23)26-3)19-14(20)6-7-15(21)22/h4-5,8-9H,6-7H2,1-3H3,(H,19,20)(H,21,22). The lowest BCUT2D eigenvalue weighted by Gasteiger charge is -2.11. The lowest BCUT2D eigenvalue weighted by molar-refractivity contribution is -0.138. The lowest BCUT2D eigenvalue weighted by atomic mass is 10.0. The molecule has 0 aliphatic heterocycles. The molecule has 2 N–H and O–H groups in total. The van der Waals surface area contributed by atoms with E-state index in [9.17, 15) is 14.4 Å². The van der Waals surface area contributed by atoms with E-state index in [4.69, 9.17) is 19.3 Å². The number of thiophene rings is 1. The first-order valence-corrected chi connectivity index (χ1v) is 8.73. The fourth-order valence-electron chi connectivity index (χ4n) is 2.38. The second-order valence-electron chi connectivity index (χ2n) is 5.36. The average Bonchev–Trinajstić information content (AvgIpc) is 3.08. The Hall–Kier alpha value is -3.07. The van der Waals surface area contributed by atoms with Crippen LogP contribution in [0.5, 0.6) is 11.5 Å². The minimum atomic E-state index is -1.07. The van der Waals surface area contributed by atoms with E-state index in [0.29, 0.717) is 27.6 Å². The first-order valence-electron chi connectivity index (χ1n) is 7.85. The second kappa shape index (κ2) is 9.04. The summed E-state index contributed by atoms with van der Waals surface area (Å²) in [7, 11) is 4.27. The number of ether oxygens (including phenoxy) is 3. The topological polar surface area (TPSA) is 111 Å². The summed E-state index contributed by atoms with van der Waals surface area (Å²) in [6, 6.07) is 5.17. The summed E-state index contributed by atoms with van der Waals surface area (Å²) in [4.78, 5) is 34.9. The molecule has 0 bridgehead atoms. The second-order valence-corrected chi connectivity index (χ2v) is 6.24. The summed E-state index contributed by atoms with van der Waals surface area (Å²) in [5.41, 5.74) is 1.43. The van der Waals surface area contributed by atoms with Gasteiger partial charge in [0.05, 0.1) is 27.8 Å². The Morgan fingerprint density at radius 1 is 1.07 bits per heavy atom. The molecular weight excluding hydrogens is 374 g/mol. The van der Waals surface area contributed by atoms with Gasteiger partial charge in [-0.1, -0.05) is 6.07 Å². The van der Waals surface area contributed by atoms with Crippen LogP contribution in [-0.4, -0.2) is 44.3 Å². The molecule has 1 heterocycles. The van der Waals surface area contributed by atoms with Crippen LogP contribution in [0, 0.1) is 0 Å². The summed E-state index contributed by atoms with van der Waals surface area (Å²) in [5.74, 6) is -1.16. The maximum Gasteiger partial charge on any atom is 0.341 e. The van der Waals surface area contributed by atoms with Gasteiger partial charge in [0.2, 0.25) is 5.91 Å². The number of hydrogen-bond donors (Lipinski definition) is 2. The Bertz CT molecular complexity index is 859. The van der Waals surface area contributed by atoms with E-state index in [0.717, 1.165) is 11.3 Å². The fourth-order valence-corrected chi connectivity index (χ4v) is 3.35. The summed E-state index contributed by atoms with van der Waals surface area (Å²) < 4.78 is 15.3. The van der Waals surface area contributed by atoms with Crippen molar-refractivity contribution in [3.8, 4) is 22.6 Å². The van der Waals surface area contributed by atoms with Crippen LogP contribution in [0.3, 0.4) is 0 Å². The first-order chi connectivity index (χ1) is 12.9. The summed E-state index contributed by atoms with van der Waals surface area (Å²) in [5, 5.41) is 13.3. The SMILES string of the molecule is COC(=O)c1c(-c2ccc(OC)c(OC)c2)csc1NC(=O)CCC(=O)O. The Labute approximate surface area is 159 Å². The Morgan fingerprint density at radius 3 is 2.37 bits per heavy atom. The molecule has 0 aliphatic rings. The van der Waals surface area contributed by atoms with Crippen molar-refractivity contribution in [2.75, 3.05) is 26.6 Å². The molecule has 0 saturated carbocycles. The van der Waals surface area contributed by atoms with Gasteiger partial charge in [0.1, 0.15) is 10.6 Å². The Balaban J connectivity index is 2.40. The quantitative estimate of drug-likeness (QED) is 0.663. The van der Waals surface area contributed by atoms with Crippen molar-refractivity contribution in [2.45, 2.75) is 12.8 Å². The number of benzene rings is 1. The van der Waals surface area contributed by atoms with Crippen molar-refractivity contribution in [3.05, 3.63) is 29.1 Å². The highest BCUT2D eigenvalue weighted by atomic mass is 32.1. The molecule has 0 atom stereocenters. The van der Waals surface area contributed by atoms with Gasteiger partial charge in [-0.3, -0.25) is 9.59 Å². The van der Waals surface area contributed by atoms with Gasteiger partial charge in [-0.25, -0.2) is 4.79 Å². The normalized spacial score (nSPS) is 10.2. The number of nitrogens with one attached hydrogen (secondary N) is 1. The average molecular weight is 393 g/mol. The van der Waals surface area contributed by atoms with E-state index >= 15 is 0 Å². The lowest BCUT2D eigenvalue weighted by Crippen LogP contribution is -2.15. The molecule has 0 fully saturated rings. The van der Waals surface area contributed by atoms with Crippen LogP contribution in [-0.2, 0) is 14.3 Å². The van der Waals surface area contributed by atoms with Crippen LogP contribution >= 0.6 is 11.3 Å². The number of carboxylic acids is 1. The number of carboxylic acid groups (broad SMARTS) is 1. The zero-order valence-electron chi connectivity index (χ0n) is 15.0. The minimum absolute atomic E-state index is 0.193. The zero-order chi connectivity index (χ0) is 20.0. The van der Waals surface area contributed by atoms with E-state index in [1.165, 1.54) is 21.3 Å². The molecule has 27 heavy (non-hydrogen) atoms. The summed E-state index contributed by atoms with van der Waals surface area (Å²) in [6.45, 7) is 0. The largest absolute Gasteiger partial charge is 0.493 e. The highest BCUT2D eigenvalue weighted by Crippen LogP contribution is 2.39. The van der Waals surface area contributed by atoms with Crippen molar-refractivity contribution in [1.82, 2.24) is 0 Å². The number of amides is 1. The summed E-state index contributed by atoms with van der Waals surface area (Å²) >= 11 is 1.15. The van der Waals surface area contributed by atoms with E-state index in [-0.39, 0.29) is 18.4 Å². The smallest absolute Gasteiger partial charge is 0.341 e. The molecule has 0 aliphatic carbocycles. The van der Waals surface area contributed by atoms with Gasteiger partial charge in [-0.15, -0.1) is 11.3 Å². The molecule has 144 valence electrons. The van der Waals surface area contributed by atoms with Gasteiger partial charge in [0.25, 0.3) is 0 Å². The highest BCUT2D eigenvalue weighted by molar-refractivity contribution is 7.15. The maximum absolute atomic E-state index is 12.3. The zero-order valence-corrected chi connectivity index (χ0v) is 15.8. The number of aliphatic carboxylic acids is 1. The number of carbonyl (C=O) groups is 3. The third kappa shape index (κ3) is 4.76. The minimum Gasteiger partial charge on any atom is -0.493 e. The fraction of sp³-hybridized carbons (Fsp3) is 0.278. The Kier molecular flexibility index (Phi) is 6.78. The predicted octanol–water partition coefficient (Wildman–Crippen LogP) is 3.02. The number of esters is 1. The third-order valence-electron chi connectivity index (χ3n) is 3.69. The third-order valence-corrected chi connectivity index (χ3v) is 4.59. The molecule has 1 aromatic carbocycles. The van der Waals surface area contributed by atoms with Gasteiger partial charge < -0.3 is 24.6 Å². The summed E-state index contributed by atoms with van der Waals surface area (Å²) in [6.07, 6.45) is -0.493. The van der Waals surface area contributed by atoms with Crippen molar-refractivity contribution in [3.63, 3.8) is 0 Å². The van der Waals surface area contributed by atoms with Gasteiger partial charge >= 0.3 is 11.9 Å². The maximum atomic E-state index is 12.3. The van der Waals surface area contributed by atoms with E-state index < -0.39 is 17.8 Å². The molecule has 0 saturated heterocycles. The molecule has 1 aromatic heterocycles. The van der Waals surface area contributed by atoms with E-state index in [1.54, 1.807) is 23.6 Å². The predicted molar refractivity (Wildman–Crippen MR) is 99.7 cm³/mol. The molecule has 9 heteroatoms. The van der Waals surface area contributed by atoms with Crippen molar-refractivity contribution in [2.24, 2.45) is 0 Å². The molecule has 8 nitrogen and oxygen atoms in total. The molecule has 0 spiro atoms. The molecule has 0 radical (unpaired) electrons. The van der Waals surface area contributed by atoms with Crippen LogP contribution in [0.1, 0.15) is 23.2 Å². The van der Waals surface area contributed by atoms with Gasteiger partial charge in [-0.2, -0.15) is 0 Å². The van der Waals surface area contributed by atoms with Crippen LogP contribution in [0.25, 0.3) is 11.1 Å². The number of carbonyl (C=O) groups excluding carboxylic acids is 2. The van der Waals surface area contributed by atoms with Crippen LogP contribution in [0.15, 0.2) is 23.6 Å². The molecule has 1 amide bonds. The number of hydrogen-bond acceptors (Lipinski definition) is 7. The van der Waals surface area contributed by atoms with Crippen molar-refractivity contribution >= 4 is 34.2 Å². The number of methoxy groups -OCH3 is 3. The number of anilines is 1. The molecule has 2 rings (SSSR count). The van der Waals surface area contributed by atoms with E-state index in [1.807, 2.05) is 0 Å². The van der Waals surface area contributed by atoms with Crippen LogP contribution < -0.4 is 14.8 Å². The van der Waals surface area contributed by atoms with Crippen LogP contribution in [0.4, 0.5) is 5.00 Å². The van der Waals surface area contributed by atoms with Crippen molar-refractivity contribution < 1.29 is 33.7 Å². The first kappa shape index (κ1) is 20.2. The van der Waals surface area contributed by atoms with Gasteiger partial charge in [0.15, 0.2) is 11.5 Å². The molecule has 0 unspecified atom stereocenters.